The summed E-state index contributed by atoms with van der Waals surface area (Å²) in [7, 11) is 2.19. The highest BCUT2D eigenvalue weighted by molar-refractivity contribution is 4.95. The molecule has 0 aromatic carbocycles. The first-order valence-corrected chi connectivity index (χ1v) is 5.84. The highest BCUT2D eigenvalue weighted by atomic mass is 15.2. The molecular weight excluding hydrogens is 186 g/mol. The molecule has 0 atom stereocenters. The number of nitrogens with one attached hydrogen (secondary N) is 1. The molecule has 0 spiro atoms. The molecule has 86 valence electrons. The van der Waals surface area contributed by atoms with Gasteiger partial charge in [-0.2, -0.15) is 0 Å². The maximum absolute atomic E-state index is 3.42. The molecule has 0 aromatic heterocycles. The molecule has 1 heterocycles. The van der Waals surface area contributed by atoms with Crippen LogP contribution in [-0.2, 0) is 0 Å². The zero-order valence-electron chi connectivity index (χ0n) is 10.1. The minimum absolute atomic E-state index is 0.971. The zero-order chi connectivity index (χ0) is 10.9. The lowest BCUT2D eigenvalue weighted by Crippen LogP contribution is -2.46. The van der Waals surface area contributed by atoms with Crippen LogP contribution in [0.2, 0.25) is 0 Å². The fourth-order valence-electron chi connectivity index (χ4n) is 1.71. The quantitative estimate of drug-likeness (QED) is 0.517. The topological polar surface area (TPSA) is 18.5 Å². The third kappa shape index (κ3) is 5.78. The van der Waals surface area contributed by atoms with E-state index in [1.807, 2.05) is 6.92 Å². The largest absolute Gasteiger partial charge is 0.315 e. The molecule has 1 aliphatic heterocycles. The summed E-state index contributed by atoms with van der Waals surface area (Å²) in [6.07, 6.45) is 0.971. The van der Waals surface area contributed by atoms with Crippen LogP contribution in [0.3, 0.4) is 0 Å². The van der Waals surface area contributed by atoms with Crippen molar-refractivity contribution in [2.24, 2.45) is 0 Å². The van der Waals surface area contributed by atoms with Crippen molar-refractivity contribution in [2.45, 2.75) is 13.3 Å². The van der Waals surface area contributed by atoms with Crippen molar-refractivity contribution in [3.8, 4) is 11.8 Å². The molecular formula is C12H23N3. The molecule has 1 saturated heterocycles. The second-order valence-corrected chi connectivity index (χ2v) is 4.07. The molecule has 0 radical (unpaired) electrons. The maximum atomic E-state index is 3.42. The Morgan fingerprint density at radius 1 is 1.13 bits per heavy atom. The van der Waals surface area contributed by atoms with Gasteiger partial charge in [0.2, 0.25) is 0 Å². The Morgan fingerprint density at radius 3 is 2.53 bits per heavy atom. The average molecular weight is 209 g/mol. The van der Waals surface area contributed by atoms with Gasteiger partial charge in [-0.15, -0.1) is 11.8 Å². The van der Waals surface area contributed by atoms with Gasteiger partial charge in [0, 0.05) is 52.2 Å². The third-order valence-electron chi connectivity index (χ3n) is 2.80. The summed E-state index contributed by atoms with van der Waals surface area (Å²) in [5.41, 5.74) is 0. The van der Waals surface area contributed by atoms with Crippen LogP contribution in [0.25, 0.3) is 0 Å². The summed E-state index contributed by atoms with van der Waals surface area (Å²) in [4.78, 5) is 4.92. The number of piperazine rings is 1. The number of nitrogens with zero attached hydrogens (tertiary/aromatic N) is 2. The summed E-state index contributed by atoms with van der Waals surface area (Å²) in [6, 6.07) is 0. The molecule has 1 aliphatic rings. The first kappa shape index (κ1) is 12.5. The molecule has 3 nitrogen and oxygen atoms in total. The predicted molar refractivity (Wildman–Crippen MR) is 64.9 cm³/mol. The van der Waals surface area contributed by atoms with Gasteiger partial charge >= 0.3 is 0 Å². The van der Waals surface area contributed by atoms with E-state index in [9.17, 15) is 0 Å². The van der Waals surface area contributed by atoms with Crippen molar-refractivity contribution >= 4 is 0 Å². The molecule has 3 heteroatoms. The van der Waals surface area contributed by atoms with Crippen LogP contribution in [0, 0.1) is 11.8 Å². The Bertz CT molecular complexity index is 209. The Kier molecular flexibility index (Phi) is 6.42. The third-order valence-corrected chi connectivity index (χ3v) is 2.80. The van der Waals surface area contributed by atoms with Gasteiger partial charge in [-0.1, -0.05) is 0 Å². The molecule has 0 saturated carbocycles. The summed E-state index contributed by atoms with van der Waals surface area (Å²) in [5, 5.41) is 3.42. The van der Waals surface area contributed by atoms with E-state index in [-0.39, 0.29) is 0 Å². The van der Waals surface area contributed by atoms with E-state index >= 15 is 0 Å². The van der Waals surface area contributed by atoms with Gasteiger partial charge in [-0.05, 0) is 14.0 Å². The van der Waals surface area contributed by atoms with Crippen molar-refractivity contribution in [1.29, 1.82) is 0 Å². The van der Waals surface area contributed by atoms with Crippen molar-refractivity contribution in [3.05, 3.63) is 0 Å². The maximum Gasteiger partial charge on any atom is 0.0214 e. The first-order chi connectivity index (χ1) is 7.33. The minimum Gasteiger partial charge on any atom is -0.315 e. The van der Waals surface area contributed by atoms with E-state index in [1.165, 1.54) is 32.7 Å². The van der Waals surface area contributed by atoms with Crippen LogP contribution in [0.15, 0.2) is 0 Å². The molecule has 15 heavy (non-hydrogen) atoms. The van der Waals surface area contributed by atoms with E-state index in [1.54, 1.807) is 0 Å². The second kappa shape index (κ2) is 7.70. The normalized spacial score (nSPS) is 18.5. The summed E-state index contributed by atoms with van der Waals surface area (Å²) >= 11 is 0. The molecule has 1 rings (SSSR count). The van der Waals surface area contributed by atoms with Crippen LogP contribution in [0.4, 0.5) is 0 Å². The monoisotopic (exact) mass is 209 g/mol. The average Bonchev–Trinajstić information content (AvgIpc) is 2.26. The Morgan fingerprint density at radius 2 is 1.87 bits per heavy atom. The minimum atomic E-state index is 0.971. The van der Waals surface area contributed by atoms with E-state index in [0.717, 1.165) is 19.5 Å². The van der Waals surface area contributed by atoms with Gasteiger partial charge in [0.15, 0.2) is 0 Å². The summed E-state index contributed by atoms with van der Waals surface area (Å²) < 4.78 is 0. The van der Waals surface area contributed by atoms with E-state index < -0.39 is 0 Å². The van der Waals surface area contributed by atoms with Crippen LogP contribution in [0.1, 0.15) is 13.3 Å². The van der Waals surface area contributed by atoms with E-state index in [4.69, 9.17) is 0 Å². The van der Waals surface area contributed by atoms with Crippen molar-refractivity contribution in [3.63, 3.8) is 0 Å². The fourth-order valence-corrected chi connectivity index (χ4v) is 1.71. The van der Waals surface area contributed by atoms with Crippen molar-refractivity contribution in [1.82, 2.24) is 15.1 Å². The number of hydrogen-bond donors (Lipinski definition) is 1. The second-order valence-electron chi connectivity index (χ2n) is 4.07. The number of likely N-dealkylation sites (N-methyl/N-ethyl adjacent to an activating group) is 1. The van der Waals surface area contributed by atoms with Crippen LogP contribution in [0.5, 0.6) is 0 Å². The molecule has 1 fully saturated rings. The van der Waals surface area contributed by atoms with Crippen molar-refractivity contribution in [2.75, 3.05) is 52.9 Å². The molecule has 0 amide bonds. The highest BCUT2D eigenvalue weighted by Gasteiger charge is 2.12. The van der Waals surface area contributed by atoms with E-state index in [0.29, 0.717) is 0 Å². The zero-order valence-corrected chi connectivity index (χ0v) is 10.1. The number of rotatable bonds is 5. The van der Waals surface area contributed by atoms with Crippen LogP contribution in [-0.4, -0.2) is 62.7 Å². The van der Waals surface area contributed by atoms with Gasteiger partial charge in [-0.3, -0.25) is 4.90 Å². The smallest absolute Gasteiger partial charge is 0.0214 e. The SMILES string of the molecule is CC#CCCNCCN1CCN(C)CC1. The lowest BCUT2D eigenvalue weighted by molar-refractivity contribution is 0.155. The van der Waals surface area contributed by atoms with Gasteiger partial charge in [0.25, 0.3) is 0 Å². The van der Waals surface area contributed by atoms with Crippen LogP contribution < -0.4 is 5.32 Å². The molecule has 0 unspecified atom stereocenters. The van der Waals surface area contributed by atoms with Gasteiger partial charge in [-0.25, -0.2) is 0 Å². The lowest BCUT2D eigenvalue weighted by Gasteiger charge is -2.32. The Labute approximate surface area is 93.8 Å². The predicted octanol–water partition coefficient (Wildman–Crippen LogP) is 0.237. The summed E-state index contributed by atoms with van der Waals surface area (Å²) in [6.45, 7) is 10.0. The fraction of sp³-hybridized carbons (Fsp3) is 0.833. The number of hydrogen-bond acceptors (Lipinski definition) is 3. The van der Waals surface area contributed by atoms with Gasteiger partial charge in [0.05, 0.1) is 0 Å². The van der Waals surface area contributed by atoms with E-state index in [2.05, 4.69) is 34.0 Å². The Hall–Kier alpha value is -0.560. The lowest BCUT2D eigenvalue weighted by atomic mass is 10.3. The summed E-state index contributed by atoms with van der Waals surface area (Å²) in [5.74, 6) is 5.97. The molecule has 1 N–H and O–H groups in total. The van der Waals surface area contributed by atoms with Gasteiger partial charge in [0.1, 0.15) is 0 Å². The first-order valence-electron chi connectivity index (χ1n) is 5.84. The Balaban J connectivity index is 1.93. The standard InChI is InChI=1S/C12H23N3/c1-3-4-5-6-13-7-8-15-11-9-14(2)10-12-15/h13H,5-12H2,1-2H3. The molecule has 0 aromatic rings. The van der Waals surface area contributed by atoms with Crippen LogP contribution >= 0.6 is 0 Å². The van der Waals surface area contributed by atoms with Gasteiger partial charge < -0.3 is 10.2 Å². The molecule has 0 bridgehead atoms. The highest BCUT2D eigenvalue weighted by Crippen LogP contribution is 1.97. The molecule has 0 aliphatic carbocycles. The van der Waals surface area contributed by atoms with Crippen molar-refractivity contribution < 1.29 is 0 Å².